The molecule has 0 radical (unpaired) electrons. The number of amides is 2. The van der Waals surface area contributed by atoms with Gasteiger partial charge in [0.15, 0.2) is 11.5 Å². The number of benzene rings is 3. The average Bonchev–Trinajstić information content (AvgIpc) is 3.00. The molecular formula is C33H39F2N3O4. The van der Waals surface area contributed by atoms with Crippen molar-refractivity contribution in [1.82, 2.24) is 15.5 Å². The summed E-state index contributed by atoms with van der Waals surface area (Å²) < 4.78 is 37.8. The van der Waals surface area contributed by atoms with E-state index in [1.165, 1.54) is 12.1 Å². The van der Waals surface area contributed by atoms with Gasteiger partial charge < -0.3 is 20.1 Å². The van der Waals surface area contributed by atoms with Crippen molar-refractivity contribution in [2.45, 2.75) is 46.3 Å². The summed E-state index contributed by atoms with van der Waals surface area (Å²) in [6, 6.07) is 16.4. The molecule has 3 aromatic rings. The SMILES string of the molecule is COc1ccc(CNC(=O)c2ccc(CNC(=O)C(C)(C)C3CCN(Cc4ccc(F)cc4F)CC3)cc2)cc1OC. The van der Waals surface area contributed by atoms with Crippen LogP contribution in [-0.2, 0) is 24.4 Å². The van der Waals surface area contributed by atoms with Crippen LogP contribution in [0.15, 0.2) is 60.7 Å². The highest BCUT2D eigenvalue weighted by atomic mass is 19.1. The number of ether oxygens (including phenoxy) is 2. The summed E-state index contributed by atoms with van der Waals surface area (Å²) in [7, 11) is 3.14. The van der Waals surface area contributed by atoms with Gasteiger partial charge in [-0.15, -0.1) is 0 Å². The maximum atomic E-state index is 14.1. The van der Waals surface area contributed by atoms with E-state index in [2.05, 4.69) is 15.5 Å². The quantitative estimate of drug-likeness (QED) is 0.315. The van der Waals surface area contributed by atoms with Crippen LogP contribution < -0.4 is 20.1 Å². The highest BCUT2D eigenvalue weighted by Gasteiger charge is 2.38. The lowest BCUT2D eigenvalue weighted by molar-refractivity contribution is -0.133. The zero-order valence-corrected chi connectivity index (χ0v) is 24.6. The number of carbonyl (C=O) groups excluding carboxylic acids is 2. The van der Waals surface area contributed by atoms with E-state index in [4.69, 9.17) is 9.47 Å². The predicted molar refractivity (Wildman–Crippen MR) is 157 cm³/mol. The first-order valence-corrected chi connectivity index (χ1v) is 14.1. The summed E-state index contributed by atoms with van der Waals surface area (Å²) >= 11 is 0. The normalized spacial score (nSPS) is 14.3. The monoisotopic (exact) mass is 579 g/mol. The second-order valence-corrected chi connectivity index (χ2v) is 11.3. The lowest BCUT2D eigenvalue weighted by atomic mass is 9.73. The minimum atomic E-state index is -0.577. The van der Waals surface area contributed by atoms with Crippen molar-refractivity contribution in [3.63, 3.8) is 0 Å². The summed E-state index contributed by atoms with van der Waals surface area (Å²) in [5, 5.41) is 5.96. The van der Waals surface area contributed by atoms with Gasteiger partial charge in [-0.2, -0.15) is 0 Å². The molecule has 1 aliphatic heterocycles. The maximum absolute atomic E-state index is 14.1. The number of methoxy groups -OCH3 is 2. The van der Waals surface area contributed by atoms with E-state index in [1.807, 2.05) is 38.1 Å². The molecule has 1 heterocycles. The highest BCUT2D eigenvalue weighted by Crippen LogP contribution is 2.36. The minimum Gasteiger partial charge on any atom is -0.493 e. The molecule has 0 unspecified atom stereocenters. The Kier molecular flexibility index (Phi) is 10.2. The van der Waals surface area contributed by atoms with Crippen molar-refractivity contribution in [3.8, 4) is 11.5 Å². The number of rotatable bonds is 11. The lowest BCUT2D eigenvalue weighted by Crippen LogP contribution is -2.46. The van der Waals surface area contributed by atoms with Crippen LogP contribution in [0.3, 0.4) is 0 Å². The summed E-state index contributed by atoms with van der Waals surface area (Å²) in [5.74, 6) is 0.0794. The summed E-state index contributed by atoms with van der Waals surface area (Å²) in [6.45, 7) is 6.55. The first-order chi connectivity index (χ1) is 20.1. The Morgan fingerprint density at radius 2 is 1.50 bits per heavy atom. The average molecular weight is 580 g/mol. The van der Waals surface area contributed by atoms with Crippen LogP contribution in [-0.4, -0.2) is 44.0 Å². The van der Waals surface area contributed by atoms with E-state index in [1.54, 1.807) is 32.4 Å². The number of piperidine rings is 1. The van der Waals surface area contributed by atoms with E-state index in [0.29, 0.717) is 42.3 Å². The second-order valence-electron chi connectivity index (χ2n) is 11.3. The van der Waals surface area contributed by atoms with Gasteiger partial charge in [0.05, 0.1) is 14.2 Å². The van der Waals surface area contributed by atoms with Crippen LogP contribution in [0.25, 0.3) is 0 Å². The molecule has 0 aliphatic carbocycles. The Bertz CT molecular complexity index is 1390. The van der Waals surface area contributed by atoms with Gasteiger partial charge in [-0.05, 0) is 73.3 Å². The third-order valence-electron chi connectivity index (χ3n) is 8.17. The predicted octanol–water partition coefficient (Wildman–Crippen LogP) is 5.47. The molecule has 224 valence electrons. The fourth-order valence-corrected chi connectivity index (χ4v) is 5.35. The van der Waals surface area contributed by atoms with Crippen molar-refractivity contribution >= 4 is 11.8 Å². The van der Waals surface area contributed by atoms with E-state index < -0.39 is 17.0 Å². The van der Waals surface area contributed by atoms with Crippen molar-refractivity contribution in [1.29, 1.82) is 0 Å². The zero-order valence-electron chi connectivity index (χ0n) is 24.6. The molecule has 0 atom stereocenters. The first kappa shape index (κ1) is 31.0. The van der Waals surface area contributed by atoms with Crippen molar-refractivity contribution < 1.29 is 27.8 Å². The smallest absolute Gasteiger partial charge is 0.251 e. The number of nitrogens with zero attached hydrogens (tertiary/aromatic N) is 1. The number of likely N-dealkylation sites (tertiary alicyclic amines) is 1. The van der Waals surface area contributed by atoms with E-state index in [0.717, 1.165) is 43.1 Å². The second kappa shape index (κ2) is 13.8. The van der Waals surface area contributed by atoms with Gasteiger partial charge in [0.1, 0.15) is 11.6 Å². The third-order valence-corrected chi connectivity index (χ3v) is 8.17. The Hall–Kier alpha value is -3.98. The molecule has 1 fully saturated rings. The maximum Gasteiger partial charge on any atom is 0.251 e. The molecule has 1 aliphatic rings. The Morgan fingerprint density at radius 3 is 2.14 bits per heavy atom. The number of hydrogen-bond donors (Lipinski definition) is 2. The Balaban J connectivity index is 1.23. The van der Waals surface area contributed by atoms with Gasteiger partial charge in [-0.1, -0.05) is 38.1 Å². The van der Waals surface area contributed by atoms with Gasteiger partial charge in [0, 0.05) is 42.2 Å². The van der Waals surface area contributed by atoms with Crippen LogP contribution in [0.5, 0.6) is 11.5 Å². The van der Waals surface area contributed by atoms with Gasteiger partial charge in [0.25, 0.3) is 5.91 Å². The molecule has 7 nitrogen and oxygen atoms in total. The van der Waals surface area contributed by atoms with Gasteiger partial charge in [-0.25, -0.2) is 8.78 Å². The molecule has 0 aromatic heterocycles. The van der Waals surface area contributed by atoms with Crippen molar-refractivity contribution in [2.24, 2.45) is 11.3 Å². The summed E-state index contributed by atoms with van der Waals surface area (Å²) in [5.41, 5.74) is 2.21. The van der Waals surface area contributed by atoms with Crippen molar-refractivity contribution in [2.75, 3.05) is 27.3 Å². The molecular weight excluding hydrogens is 540 g/mol. The number of hydrogen-bond acceptors (Lipinski definition) is 5. The number of carbonyl (C=O) groups is 2. The Labute approximate surface area is 246 Å². The summed E-state index contributed by atoms with van der Waals surface area (Å²) in [4.78, 5) is 28.0. The zero-order chi connectivity index (χ0) is 30.3. The molecule has 1 saturated heterocycles. The lowest BCUT2D eigenvalue weighted by Gasteiger charge is -2.39. The van der Waals surface area contributed by atoms with Crippen LogP contribution in [0.1, 0.15) is 53.7 Å². The van der Waals surface area contributed by atoms with E-state index in [-0.39, 0.29) is 17.7 Å². The molecule has 42 heavy (non-hydrogen) atoms. The molecule has 0 bridgehead atoms. The molecule has 0 spiro atoms. The molecule has 3 aromatic carbocycles. The standard InChI is InChI=1S/C33H39F2N3O4/c1-33(2,26-13-15-38(16-14-26)21-25-10-11-27(34)18-28(25)35)32(40)37-19-22-5-8-24(9-6-22)31(39)36-20-23-7-12-29(41-3)30(17-23)42-4/h5-12,17-18,26H,13-16,19-21H2,1-4H3,(H,36,39)(H,37,40). The topological polar surface area (TPSA) is 79.9 Å². The molecule has 2 N–H and O–H groups in total. The van der Waals surface area contributed by atoms with Gasteiger partial charge in [-0.3, -0.25) is 14.5 Å². The van der Waals surface area contributed by atoms with Crippen LogP contribution in [0.2, 0.25) is 0 Å². The third kappa shape index (κ3) is 7.64. The molecule has 9 heteroatoms. The van der Waals surface area contributed by atoms with E-state index >= 15 is 0 Å². The van der Waals surface area contributed by atoms with Crippen LogP contribution in [0.4, 0.5) is 8.78 Å². The highest BCUT2D eigenvalue weighted by molar-refractivity contribution is 5.94. The minimum absolute atomic E-state index is 0.0257. The molecule has 2 amide bonds. The largest absolute Gasteiger partial charge is 0.493 e. The summed E-state index contributed by atoms with van der Waals surface area (Å²) in [6.07, 6.45) is 1.63. The molecule has 0 saturated carbocycles. The van der Waals surface area contributed by atoms with Crippen LogP contribution in [0, 0.1) is 23.0 Å². The number of nitrogens with one attached hydrogen (secondary N) is 2. The van der Waals surface area contributed by atoms with Crippen molar-refractivity contribution in [3.05, 3.63) is 94.6 Å². The van der Waals surface area contributed by atoms with Crippen LogP contribution >= 0.6 is 0 Å². The van der Waals surface area contributed by atoms with Gasteiger partial charge >= 0.3 is 0 Å². The van der Waals surface area contributed by atoms with Gasteiger partial charge in [0.2, 0.25) is 5.91 Å². The molecule has 4 rings (SSSR count). The first-order valence-electron chi connectivity index (χ1n) is 14.1. The number of halogens is 2. The fourth-order valence-electron chi connectivity index (χ4n) is 5.35. The fraction of sp³-hybridized carbons (Fsp3) is 0.394. The van der Waals surface area contributed by atoms with E-state index in [9.17, 15) is 18.4 Å². The Morgan fingerprint density at radius 1 is 0.857 bits per heavy atom.